The average Bonchev–Trinajstić information content (AvgIpc) is 3.12. The number of hydrogen-bond donors (Lipinski definition) is 1. The zero-order valence-electron chi connectivity index (χ0n) is 20.1. The van der Waals surface area contributed by atoms with Crippen LogP contribution in [0.15, 0.2) is 35.5 Å². The van der Waals surface area contributed by atoms with E-state index in [0.717, 1.165) is 22.4 Å². The molecule has 0 aliphatic heterocycles. The van der Waals surface area contributed by atoms with E-state index < -0.39 is 0 Å². The van der Waals surface area contributed by atoms with Crippen molar-refractivity contribution < 1.29 is 9.90 Å². The molecule has 0 saturated heterocycles. The maximum atomic E-state index is 13.2. The van der Waals surface area contributed by atoms with E-state index in [1.54, 1.807) is 4.68 Å². The largest absolute Gasteiger partial charge is 0.507 e. The van der Waals surface area contributed by atoms with Crippen molar-refractivity contribution in [2.24, 2.45) is 0 Å². The first-order valence-electron chi connectivity index (χ1n) is 10.7. The van der Waals surface area contributed by atoms with Crippen LogP contribution in [0.4, 0.5) is 0 Å². The highest BCUT2D eigenvalue weighted by Crippen LogP contribution is 2.40. The first-order valence-corrected chi connectivity index (χ1v) is 11.7. The maximum Gasteiger partial charge on any atom is 0.214 e. The van der Waals surface area contributed by atoms with Crippen LogP contribution in [-0.2, 0) is 10.8 Å². The zero-order valence-corrected chi connectivity index (χ0v) is 21.0. The Morgan fingerprint density at radius 2 is 1.59 bits per heavy atom. The predicted molar refractivity (Wildman–Crippen MR) is 129 cm³/mol. The van der Waals surface area contributed by atoms with Crippen LogP contribution in [0.25, 0.3) is 5.69 Å². The van der Waals surface area contributed by atoms with Crippen LogP contribution in [0.5, 0.6) is 5.75 Å². The summed E-state index contributed by atoms with van der Waals surface area (Å²) in [4.78, 5) is 13.2. The summed E-state index contributed by atoms with van der Waals surface area (Å²) in [6, 6.07) is 9.72. The molecule has 0 bridgehead atoms. The normalized spacial score (nSPS) is 12.2. The number of hydrogen-bond acceptors (Lipinski definition) is 6. The minimum atomic E-state index is -0.291. The Hall–Kier alpha value is -2.67. The van der Waals surface area contributed by atoms with Crippen molar-refractivity contribution in [1.82, 2.24) is 20.2 Å². The Morgan fingerprint density at radius 3 is 2.12 bits per heavy atom. The molecule has 0 amide bonds. The van der Waals surface area contributed by atoms with Crippen molar-refractivity contribution in [3.8, 4) is 11.4 Å². The zero-order chi connectivity index (χ0) is 23.8. The summed E-state index contributed by atoms with van der Waals surface area (Å²) in [5.74, 6) is 0.442. The number of phenols is 1. The number of tetrazole rings is 1. The third-order valence-electron chi connectivity index (χ3n) is 5.40. The van der Waals surface area contributed by atoms with Gasteiger partial charge in [0.1, 0.15) is 5.75 Å². The summed E-state index contributed by atoms with van der Waals surface area (Å²) in [6.07, 6.45) is 0. The molecule has 3 aromatic rings. The summed E-state index contributed by atoms with van der Waals surface area (Å²) in [6.45, 7) is 16.3. The fraction of sp³-hybridized carbons (Fsp3) is 0.440. The van der Waals surface area contributed by atoms with Gasteiger partial charge in [0.25, 0.3) is 0 Å². The highest BCUT2D eigenvalue weighted by atomic mass is 32.2. The standard InChI is InChI=1S/C25H32N4O2S/c1-15-9-10-20(16(2)11-15)29-23(26-27-28-29)32-14-21(30)17-12-18(24(3,4)5)22(31)19(13-17)25(6,7)8/h9-13,31H,14H2,1-8H3. The lowest BCUT2D eigenvalue weighted by atomic mass is 9.78. The lowest BCUT2D eigenvalue weighted by Gasteiger charge is -2.28. The van der Waals surface area contributed by atoms with Gasteiger partial charge in [0, 0.05) is 16.7 Å². The lowest BCUT2D eigenvalue weighted by molar-refractivity contribution is 0.102. The van der Waals surface area contributed by atoms with Gasteiger partial charge in [-0.25, -0.2) is 0 Å². The number of carbonyl (C=O) groups excluding carboxylic acids is 1. The molecular formula is C25H32N4O2S. The highest BCUT2D eigenvalue weighted by Gasteiger charge is 2.28. The minimum Gasteiger partial charge on any atom is -0.507 e. The minimum absolute atomic E-state index is 0.0267. The number of aromatic hydroxyl groups is 1. The average molecular weight is 453 g/mol. The molecule has 0 fully saturated rings. The molecule has 1 N–H and O–H groups in total. The SMILES string of the molecule is Cc1ccc(-n2nnnc2SCC(=O)c2cc(C(C)(C)C)c(O)c(C(C)(C)C)c2)c(C)c1. The summed E-state index contributed by atoms with van der Waals surface area (Å²) in [5, 5.41) is 23.5. The Labute approximate surface area is 194 Å². The quantitative estimate of drug-likeness (QED) is 0.403. The van der Waals surface area contributed by atoms with Crippen molar-refractivity contribution in [2.45, 2.75) is 71.4 Å². The van der Waals surface area contributed by atoms with Gasteiger partial charge in [0.2, 0.25) is 5.16 Å². The first-order chi connectivity index (χ1) is 14.8. The summed E-state index contributed by atoms with van der Waals surface area (Å²) >= 11 is 1.31. The predicted octanol–water partition coefficient (Wildman–Crippen LogP) is 5.55. The molecule has 0 atom stereocenters. The number of carbonyl (C=O) groups is 1. The molecule has 0 radical (unpaired) electrons. The van der Waals surface area contributed by atoms with Gasteiger partial charge in [0.05, 0.1) is 11.4 Å². The number of nitrogens with zero attached hydrogens (tertiary/aromatic N) is 4. The Morgan fingerprint density at radius 1 is 1.00 bits per heavy atom. The summed E-state index contributed by atoms with van der Waals surface area (Å²) < 4.78 is 1.67. The van der Waals surface area contributed by atoms with E-state index in [2.05, 4.69) is 21.6 Å². The second-order valence-corrected chi connectivity index (χ2v) is 11.2. The number of rotatable bonds is 5. The molecule has 2 aromatic carbocycles. The molecule has 170 valence electrons. The van der Waals surface area contributed by atoms with Gasteiger partial charge in [-0.3, -0.25) is 4.79 Å². The van der Waals surface area contributed by atoms with Gasteiger partial charge in [-0.05, 0) is 58.9 Å². The number of benzene rings is 2. The van der Waals surface area contributed by atoms with E-state index in [0.29, 0.717) is 10.7 Å². The van der Waals surface area contributed by atoms with Crippen LogP contribution >= 0.6 is 11.8 Å². The van der Waals surface area contributed by atoms with E-state index in [9.17, 15) is 9.90 Å². The van der Waals surface area contributed by atoms with Crippen molar-refractivity contribution in [2.75, 3.05) is 5.75 Å². The van der Waals surface area contributed by atoms with Crippen LogP contribution in [0.1, 0.15) is 74.2 Å². The lowest BCUT2D eigenvalue weighted by Crippen LogP contribution is -2.19. The van der Waals surface area contributed by atoms with E-state index in [4.69, 9.17) is 0 Å². The van der Waals surface area contributed by atoms with Gasteiger partial charge in [-0.1, -0.05) is 71.0 Å². The van der Waals surface area contributed by atoms with Crippen molar-refractivity contribution in [3.05, 3.63) is 58.1 Å². The topological polar surface area (TPSA) is 80.9 Å². The molecule has 0 aliphatic rings. The second kappa shape index (κ2) is 8.70. The van der Waals surface area contributed by atoms with Gasteiger partial charge < -0.3 is 5.11 Å². The Balaban J connectivity index is 1.90. The maximum absolute atomic E-state index is 13.2. The molecule has 0 aliphatic carbocycles. The fourth-order valence-electron chi connectivity index (χ4n) is 3.62. The Bertz CT molecular complexity index is 1120. The number of phenolic OH excluding ortho intramolecular Hbond substituents is 1. The van der Waals surface area contributed by atoms with Gasteiger partial charge in [0.15, 0.2) is 5.78 Å². The van der Waals surface area contributed by atoms with Crippen molar-refractivity contribution >= 4 is 17.5 Å². The third kappa shape index (κ3) is 5.04. The molecule has 0 saturated carbocycles. The number of ketones is 1. The van der Waals surface area contributed by atoms with Crippen molar-refractivity contribution in [1.29, 1.82) is 0 Å². The molecule has 0 spiro atoms. The van der Waals surface area contributed by atoms with Crippen LogP contribution in [0, 0.1) is 13.8 Å². The summed E-state index contributed by atoms with van der Waals surface area (Å²) in [5.41, 5.74) is 4.69. The van der Waals surface area contributed by atoms with Crippen LogP contribution in [0.2, 0.25) is 0 Å². The smallest absolute Gasteiger partial charge is 0.214 e. The number of thioether (sulfide) groups is 1. The number of Topliss-reactive ketones (excluding diaryl/α,β-unsaturated/α-hetero) is 1. The van der Waals surface area contributed by atoms with E-state index >= 15 is 0 Å². The number of aryl methyl sites for hydroxylation is 2. The van der Waals surface area contributed by atoms with Gasteiger partial charge in [-0.15, -0.1) is 5.10 Å². The molecule has 1 heterocycles. The molecular weight excluding hydrogens is 420 g/mol. The van der Waals surface area contributed by atoms with E-state index in [1.165, 1.54) is 17.3 Å². The van der Waals surface area contributed by atoms with E-state index in [-0.39, 0.29) is 28.1 Å². The Kier molecular flexibility index (Phi) is 6.52. The van der Waals surface area contributed by atoms with Crippen LogP contribution in [0.3, 0.4) is 0 Å². The van der Waals surface area contributed by atoms with Crippen LogP contribution < -0.4 is 0 Å². The highest BCUT2D eigenvalue weighted by molar-refractivity contribution is 7.99. The first kappa shape index (κ1) is 24.0. The molecule has 7 heteroatoms. The molecule has 6 nitrogen and oxygen atoms in total. The van der Waals surface area contributed by atoms with Gasteiger partial charge >= 0.3 is 0 Å². The van der Waals surface area contributed by atoms with Crippen molar-refractivity contribution in [3.63, 3.8) is 0 Å². The molecule has 3 rings (SSSR count). The third-order valence-corrected chi connectivity index (χ3v) is 6.32. The molecule has 0 unspecified atom stereocenters. The number of aromatic nitrogens is 4. The summed E-state index contributed by atoms with van der Waals surface area (Å²) in [7, 11) is 0. The molecule has 1 aromatic heterocycles. The van der Waals surface area contributed by atoms with Crippen LogP contribution in [-0.4, -0.2) is 36.8 Å². The second-order valence-electron chi connectivity index (χ2n) is 10.3. The van der Waals surface area contributed by atoms with Gasteiger partial charge in [-0.2, -0.15) is 4.68 Å². The molecule has 32 heavy (non-hydrogen) atoms. The van der Waals surface area contributed by atoms with E-state index in [1.807, 2.05) is 79.7 Å². The monoisotopic (exact) mass is 452 g/mol. The fourth-order valence-corrected chi connectivity index (χ4v) is 4.39.